The number of amides is 2. The molecular formula is C18H22N2O6. The van der Waals surface area contributed by atoms with E-state index in [0.29, 0.717) is 24.3 Å². The summed E-state index contributed by atoms with van der Waals surface area (Å²) in [7, 11) is 0. The third kappa shape index (κ3) is 5.30. The van der Waals surface area contributed by atoms with Crippen LogP contribution in [0.4, 0.5) is 0 Å². The highest BCUT2D eigenvalue weighted by atomic mass is 16.6. The number of ketones is 1. The normalized spacial score (nSPS) is 16.7. The summed E-state index contributed by atoms with van der Waals surface area (Å²) in [6, 6.07) is 5.67. The van der Waals surface area contributed by atoms with Crippen LogP contribution in [0.3, 0.4) is 0 Å². The Kier molecular flexibility index (Phi) is 6.71. The number of esters is 1. The van der Waals surface area contributed by atoms with Crippen molar-refractivity contribution in [2.75, 3.05) is 19.8 Å². The molecule has 140 valence electrons. The predicted octanol–water partition coefficient (Wildman–Crippen LogP) is 0.678. The fraction of sp³-hybridized carbons (Fsp3) is 0.444. The van der Waals surface area contributed by atoms with Crippen LogP contribution < -0.4 is 10.5 Å². The maximum absolute atomic E-state index is 12.2. The molecule has 2 rings (SSSR count). The molecule has 8 heteroatoms. The maximum atomic E-state index is 12.2. The zero-order valence-corrected chi connectivity index (χ0v) is 14.6. The summed E-state index contributed by atoms with van der Waals surface area (Å²) in [5, 5.41) is 0. The largest absolute Gasteiger partial charge is 0.482 e. The summed E-state index contributed by atoms with van der Waals surface area (Å²) in [5.74, 6) is -1.37. The third-order valence-electron chi connectivity index (χ3n) is 4.13. The highest BCUT2D eigenvalue weighted by Gasteiger charge is 2.30. The Morgan fingerprint density at radius 2 is 1.81 bits per heavy atom. The van der Waals surface area contributed by atoms with Crippen molar-refractivity contribution in [3.63, 3.8) is 0 Å². The first kappa shape index (κ1) is 19.4. The quantitative estimate of drug-likeness (QED) is 0.563. The van der Waals surface area contributed by atoms with Gasteiger partial charge in [0.1, 0.15) is 11.8 Å². The number of carbonyl (C=O) groups excluding carboxylic acids is 4. The summed E-state index contributed by atoms with van der Waals surface area (Å²) in [6.07, 6.45) is 2.13. The SMILES string of the molecule is CC(=O)c1ccc(OCC(=O)OCC(=O)N2CCCC[C@H]2C(N)=O)cc1. The van der Waals surface area contributed by atoms with Crippen LogP contribution in [-0.2, 0) is 19.1 Å². The number of ether oxygens (including phenoxy) is 2. The molecule has 1 aliphatic heterocycles. The predicted molar refractivity (Wildman–Crippen MR) is 91.4 cm³/mol. The minimum atomic E-state index is -0.707. The number of rotatable bonds is 7. The van der Waals surface area contributed by atoms with Crippen LogP contribution in [0, 0.1) is 0 Å². The first-order valence-corrected chi connectivity index (χ1v) is 8.36. The molecule has 2 N–H and O–H groups in total. The second-order valence-corrected chi connectivity index (χ2v) is 6.03. The van der Waals surface area contributed by atoms with Crippen LogP contribution in [0.5, 0.6) is 5.75 Å². The van der Waals surface area contributed by atoms with Crippen molar-refractivity contribution in [2.45, 2.75) is 32.2 Å². The van der Waals surface area contributed by atoms with Crippen molar-refractivity contribution in [1.82, 2.24) is 4.90 Å². The van der Waals surface area contributed by atoms with Crippen molar-refractivity contribution >= 4 is 23.6 Å². The zero-order valence-electron chi connectivity index (χ0n) is 14.6. The Morgan fingerprint density at radius 3 is 2.42 bits per heavy atom. The van der Waals surface area contributed by atoms with Crippen molar-refractivity contribution in [3.05, 3.63) is 29.8 Å². The molecule has 0 bridgehead atoms. The van der Waals surface area contributed by atoms with E-state index in [1.54, 1.807) is 24.3 Å². The van der Waals surface area contributed by atoms with Gasteiger partial charge in [-0.15, -0.1) is 0 Å². The van der Waals surface area contributed by atoms with Gasteiger partial charge in [-0.25, -0.2) is 4.79 Å². The Balaban J connectivity index is 1.78. The fourth-order valence-corrected chi connectivity index (χ4v) is 2.72. The molecule has 0 aromatic heterocycles. The second-order valence-electron chi connectivity index (χ2n) is 6.03. The van der Waals surface area contributed by atoms with Gasteiger partial charge in [-0.3, -0.25) is 14.4 Å². The van der Waals surface area contributed by atoms with Crippen molar-refractivity contribution in [3.8, 4) is 5.75 Å². The monoisotopic (exact) mass is 362 g/mol. The van der Waals surface area contributed by atoms with E-state index in [1.807, 2.05) is 0 Å². The van der Waals surface area contributed by atoms with E-state index in [-0.39, 0.29) is 12.4 Å². The van der Waals surface area contributed by atoms with E-state index in [0.717, 1.165) is 12.8 Å². The molecule has 0 radical (unpaired) electrons. The topological polar surface area (TPSA) is 116 Å². The van der Waals surface area contributed by atoms with Gasteiger partial charge in [-0.2, -0.15) is 0 Å². The fourth-order valence-electron chi connectivity index (χ4n) is 2.72. The first-order chi connectivity index (χ1) is 12.4. The molecule has 1 aromatic carbocycles. The van der Waals surface area contributed by atoms with E-state index in [4.69, 9.17) is 15.2 Å². The van der Waals surface area contributed by atoms with Crippen LogP contribution in [0.15, 0.2) is 24.3 Å². The average Bonchev–Trinajstić information content (AvgIpc) is 2.64. The molecule has 0 saturated carbocycles. The van der Waals surface area contributed by atoms with E-state index < -0.39 is 30.4 Å². The van der Waals surface area contributed by atoms with Gasteiger partial charge in [-0.05, 0) is 50.5 Å². The number of likely N-dealkylation sites (tertiary alicyclic amines) is 1. The number of nitrogens with zero attached hydrogens (tertiary/aromatic N) is 1. The first-order valence-electron chi connectivity index (χ1n) is 8.36. The van der Waals surface area contributed by atoms with E-state index in [9.17, 15) is 19.2 Å². The standard InChI is InChI=1S/C18H22N2O6/c1-12(21)13-5-7-14(8-6-13)25-11-17(23)26-10-16(22)20-9-3-2-4-15(20)18(19)24/h5-8,15H,2-4,9-11H2,1H3,(H2,19,24)/t15-/m0/s1. The van der Waals surface area contributed by atoms with Crippen LogP contribution in [0.1, 0.15) is 36.5 Å². The third-order valence-corrected chi connectivity index (χ3v) is 4.13. The number of hydrogen-bond acceptors (Lipinski definition) is 6. The Hall–Kier alpha value is -2.90. The lowest BCUT2D eigenvalue weighted by molar-refractivity contribution is -0.156. The molecule has 0 aliphatic carbocycles. The molecule has 1 aliphatic rings. The molecule has 0 spiro atoms. The van der Waals surface area contributed by atoms with Crippen LogP contribution in [0.25, 0.3) is 0 Å². The summed E-state index contributed by atoms with van der Waals surface area (Å²) in [6.45, 7) is 1.04. The molecule has 1 aromatic rings. The highest BCUT2D eigenvalue weighted by Crippen LogP contribution is 2.17. The number of hydrogen-bond donors (Lipinski definition) is 1. The summed E-state index contributed by atoms with van der Waals surface area (Å²) in [5.41, 5.74) is 5.85. The minimum absolute atomic E-state index is 0.0681. The van der Waals surface area contributed by atoms with Crippen molar-refractivity contribution in [1.29, 1.82) is 0 Å². The summed E-state index contributed by atoms with van der Waals surface area (Å²) >= 11 is 0. The number of benzene rings is 1. The van der Waals surface area contributed by atoms with E-state index in [1.165, 1.54) is 11.8 Å². The molecule has 1 saturated heterocycles. The zero-order chi connectivity index (χ0) is 19.1. The van der Waals surface area contributed by atoms with Gasteiger partial charge in [-0.1, -0.05) is 0 Å². The van der Waals surface area contributed by atoms with Gasteiger partial charge in [0.15, 0.2) is 19.0 Å². The van der Waals surface area contributed by atoms with Gasteiger partial charge in [0.2, 0.25) is 5.91 Å². The number of nitrogens with two attached hydrogens (primary N) is 1. The lowest BCUT2D eigenvalue weighted by Crippen LogP contribution is -2.51. The summed E-state index contributed by atoms with van der Waals surface area (Å²) < 4.78 is 10.2. The van der Waals surface area contributed by atoms with Crippen LogP contribution in [0.2, 0.25) is 0 Å². The van der Waals surface area contributed by atoms with Crippen molar-refractivity contribution < 1.29 is 28.7 Å². The van der Waals surface area contributed by atoms with E-state index >= 15 is 0 Å². The lowest BCUT2D eigenvalue weighted by atomic mass is 10.0. The Labute approximate surface area is 151 Å². The highest BCUT2D eigenvalue weighted by molar-refractivity contribution is 5.94. The molecular weight excluding hydrogens is 340 g/mol. The second kappa shape index (κ2) is 8.98. The minimum Gasteiger partial charge on any atom is -0.482 e. The molecule has 0 unspecified atom stereocenters. The van der Waals surface area contributed by atoms with Crippen molar-refractivity contribution in [2.24, 2.45) is 5.73 Å². The van der Waals surface area contributed by atoms with Gasteiger partial charge < -0.3 is 20.1 Å². The molecule has 8 nitrogen and oxygen atoms in total. The van der Waals surface area contributed by atoms with Gasteiger partial charge in [0, 0.05) is 12.1 Å². The number of Topliss-reactive ketones (excluding diaryl/α,β-unsaturated/α-hetero) is 1. The summed E-state index contributed by atoms with van der Waals surface area (Å²) in [4.78, 5) is 47.9. The maximum Gasteiger partial charge on any atom is 0.344 e. The van der Waals surface area contributed by atoms with Crippen LogP contribution in [-0.4, -0.2) is 54.3 Å². The molecule has 2 amide bonds. The average molecular weight is 362 g/mol. The molecule has 1 heterocycles. The molecule has 1 fully saturated rings. The van der Waals surface area contributed by atoms with Gasteiger partial charge in [0.05, 0.1) is 0 Å². The number of piperidine rings is 1. The smallest absolute Gasteiger partial charge is 0.344 e. The van der Waals surface area contributed by atoms with Gasteiger partial charge >= 0.3 is 5.97 Å². The number of carbonyl (C=O) groups is 4. The van der Waals surface area contributed by atoms with Gasteiger partial charge in [0.25, 0.3) is 5.91 Å². The molecule has 26 heavy (non-hydrogen) atoms. The Morgan fingerprint density at radius 1 is 1.12 bits per heavy atom. The number of primary amides is 1. The lowest BCUT2D eigenvalue weighted by Gasteiger charge is -2.33. The molecule has 1 atom stereocenters. The van der Waals surface area contributed by atoms with E-state index in [2.05, 4.69) is 0 Å². The Bertz CT molecular complexity index is 685. The van der Waals surface area contributed by atoms with Crippen LogP contribution >= 0.6 is 0 Å².